The molecule has 0 radical (unpaired) electrons. The van der Waals surface area contributed by atoms with Crippen molar-refractivity contribution in [3.05, 3.63) is 65.6 Å². The lowest BCUT2D eigenvalue weighted by Gasteiger charge is -2.12. The van der Waals surface area contributed by atoms with E-state index in [0.29, 0.717) is 18.7 Å². The quantitative estimate of drug-likeness (QED) is 0.675. The highest BCUT2D eigenvalue weighted by atomic mass is 19.1. The maximum Gasteiger partial charge on any atom is 0.123 e. The molecule has 0 spiro atoms. The summed E-state index contributed by atoms with van der Waals surface area (Å²) >= 11 is 0. The van der Waals surface area contributed by atoms with Gasteiger partial charge in [0.05, 0.1) is 17.8 Å². The molecular weight excluding hydrogens is 269 g/mol. The van der Waals surface area contributed by atoms with Gasteiger partial charge in [0, 0.05) is 18.5 Å². The van der Waals surface area contributed by atoms with Crippen molar-refractivity contribution in [3.8, 4) is 0 Å². The van der Waals surface area contributed by atoms with Crippen molar-refractivity contribution in [2.45, 2.75) is 12.6 Å². The number of nitrogens with one attached hydrogen (secondary N) is 2. The molecule has 0 aliphatic carbocycles. The molecule has 0 aliphatic heterocycles. The zero-order valence-corrected chi connectivity index (χ0v) is 11.4. The molecule has 0 fully saturated rings. The molecular formula is C16H16FN3O. The molecule has 3 N–H and O–H groups in total. The normalized spacial score (nSPS) is 12.7. The maximum atomic E-state index is 12.8. The lowest BCUT2D eigenvalue weighted by molar-refractivity contribution is 0.174. The van der Waals surface area contributed by atoms with Gasteiger partial charge in [-0.3, -0.25) is 5.10 Å². The molecule has 0 aliphatic rings. The van der Waals surface area contributed by atoms with Crippen LogP contribution in [0.2, 0.25) is 0 Å². The Morgan fingerprint density at radius 2 is 2.00 bits per heavy atom. The maximum absolute atomic E-state index is 12.8. The van der Waals surface area contributed by atoms with Crippen molar-refractivity contribution in [1.82, 2.24) is 15.5 Å². The molecule has 5 heteroatoms. The molecule has 3 aromatic rings. The largest absolute Gasteiger partial charge is 0.387 e. The first kappa shape index (κ1) is 13.7. The first-order valence-electron chi connectivity index (χ1n) is 6.79. The van der Waals surface area contributed by atoms with Gasteiger partial charge in [0.1, 0.15) is 5.82 Å². The third-order valence-electron chi connectivity index (χ3n) is 3.47. The summed E-state index contributed by atoms with van der Waals surface area (Å²) < 4.78 is 12.8. The summed E-state index contributed by atoms with van der Waals surface area (Å²) in [7, 11) is 0. The molecule has 4 nitrogen and oxygen atoms in total. The van der Waals surface area contributed by atoms with Crippen molar-refractivity contribution >= 4 is 10.9 Å². The molecule has 0 bridgehead atoms. The van der Waals surface area contributed by atoms with E-state index >= 15 is 0 Å². The summed E-state index contributed by atoms with van der Waals surface area (Å²) in [6, 6.07) is 11.9. The van der Waals surface area contributed by atoms with E-state index in [4.69, 9.17) is 0 Å². The number of H-pyrrole nitrogens is 1. The first-order valence-corrected chi connectivity index (χ1v) is 6.79. The van der Waals surface area contributed by atoms with Crippen LogP contribution in [-0.4, -0.2) is 21.8 Å². The summed E-state index contributed by atoms with van der Waals surface area (Å²) in [5, 5.41) is 21.3. The van der Waals surface area contributed by atoms with E-state index in [1.54, 1.807) is 18.3 Å². The molecule has 3 rings (SSSR count). The van der Waals surface area contributed by atoms with Crippen LogP contribution >= 0.6 is 0 Å². The van der Waals surface area contributed by atoms with Gasteiger partial charge in [-0.05, 0) is 23.3 Å². The highest BCUT2D eigenvalue weighted by Crippen LogP contribution is 2.16. The summed E-state index contributed by atoms with van der Waals surface area (Å²) in [5.74, 6) is -0.301. The molecule has 2 aromatic carbocycles. The van der Waals surface area contributed by atoms with Gasteiger partial charge >= 0.3 is 0 Å². The van der Waals surface area contributed by atoms with Gasteiger partial charge < -0.3 is 10.4 Å². The van der Waals surface area contributed by atoms with Crippen molar-refractivity contribution < 1.29 is 9.50 Å². The van der Waals surface area contributed by atoms with Crippen molar-refractivity contribution in [2.75, 3.05) is 6.54 Å². The predicted octanol–water partition coefficient (Wildman–Crippen LogP) is 2.53. The van der Waals surface area contributed by atoms with Crippen LogP contribution in [0.3, 0.4) is 0 Å². The van der Waals surface area contributed by atoms with Gasteiger partial charge in [0.15, 0.2) is 0 Å². The Bertz CT molecular complexity index is 724. The Labute approximate surface area is 121 Å². The average Bonchev–Trinajstić information content (AvgIpc) is 2.97. The molecule has 1 unspecified atom stereocenters. The number of nitrogens with zero attached hydrogens (tertiary/aromatic N) is 1. The third-order valence-corrected chi connectivity index (χ3v) is 3.47. The predicted molar refractivity (Wildman–Crippen MR) is 79.2 cm³/mol. The minimum absolute atomic E-state index is 0.301. The number of benzene rings is 2. The van der Waals surface area contributed by atoms with E-state index in [9.17, 15) is 9.50 Å². The monoisotopic (exact) mass is 285 g/mol. The summed E-state index contributed by atoms with van der Waals surface area (Å²) in [6.45, 7) is 1.02. The highest BCUT2D eigenvalue weighted by molar-refractivity contribution is 5.81. The Morgan fingerprint density at radius 3 is 2.81 bits per heavy atom. The van der Waals surface area contributed by atoms with E-state index in [1.807, 2.05) is 18.2 Å². The standard InChI is InChI=1S/C16H16FN3O/c17-14-6-4-11(5-7-14)15(21)10-18-8-12-2-1-3-13-9-19-20-16(12)13/h1-7,9,15,18,21H,8,10H2,(H,19,20). The zero-order chi connectivity index (χ0) is 14.7. The fourth-order valence-corrected chi connectivity index (χ4v) is 2.32. The van der Waals surface area contributed by atoms with Gasteiger partial charge in [-0.1, -0.05) is 30.3 Å². The Hall–Kier alpha value is -2.24. The van der Waals surface area contributed by atoms with Gasteiger partial charge in [0.2, 0.25) is 0 Å². The molecule has 0 amide bonds. The second-order valence-electron chi connectivity index (χ2n) is 4.95. The van der Waals surface area contributed by atoms with Crippen LogP contribution < -0.4 is 5.32 Å². The van der Waals surface area contributed by atoms with Crippen molar-refractivity contribution in [3.63, 3.8) is 0 Å². The lowest BCUT2D eigenvalue weighted by atomic mass is 10.1. The van der Waals surface area contributed by atoms with Gasteiger partial charge in [-0.25, -0.2) is 4.39 Å². The van der Waals surface area contributed by atoms with Crippen LogP contribution in [0.4, 0.5) is 4.39 Å². The average molecular weight is 285 g/mol. The second kappa shape index (κ2) is 6.03. The molecule has 0 saturated carbocycles. The van der Waals surface area contributed by atoms with Crippen molar-refractivity contribution in [1.29, 1.82) is 0 Å². The minimum atomic E-state index is -0.661. The number of aliphatic hydroxyl groups is 1. The van der Waals surface area contributed by atoms with E-state index in [1.165, 1.54) is 12.1 Å². The van der Waals surface area contributed by atoms with Crippen molar-refractivity contribution in [2.24, 2.45) is 0 Å². The van der Waals surface area contributed by atoms with Gasteiger partial charge in [-0.2, -0.15) is 5.10 Å². The lowest BCUT2D eigenvalue weighted by Crippen LogP contribution is -2.21. The fraction of sp³-hybridized carbons (Fsp3) is 0.188. The number of hydrogen-bond acceptors (Lipinski definition) is 3. The number of rotatable bonds is 5. The van der Waals surface area contributed by atoms with Crippen LogP contribution in [0.1, 0.15) is 17.2 Å². The molecule has 0 saturated heterocycles. The number of fused-ring (bicyclic) bond motifs is 1. The number of aromatic amines is 1. The van der Waals surface area contributed by atoms with Crippen LogP contribution in [0.5, 0.6) is 0 Å². The molecule has 1 atom stereocenters. The number of aliphatic hydroxyl groups excluding tert-OH is 1. The zero-order valence-electron chi connectivity index (χ0n) is 11.4. The van der Waals surface area contributed by atoms with Crippen LogP contribution in [0.25, 0.3) is 10.9 Å². The number of para-hydroxylation sites is 1. The number of aromatic nitrogens is 2. The summed E-state index contributed by atoms with van der Waals surface area (Å²) in [6.07, 6.45) is 1.12. The minimum Gasteiger partial charge on any atom is -0.387 e. The molecule has 108 valence electrons. The molecule has 21 heavy (non-hydrogen) atoms. The Kier molecular flexibility index (Phi) is 3.94. The fourth-order valence-electron chi connectivity index (χ4n) is 2.32. The van der Waals surface area contributed by atoms with Gasteiger partial charge in [0.25, 0.3) is 0 Å². The van der Waals surface area contributed by atoms with Crippen LogP contribution in [-0.2, 0) is 6.54 Å². The molecule has 1 heterocycles. The first-order chi connectivity index (χ1) is 10.2. The number of halogens is 1. The highest BCUT2D eigenvalue weighted by Gasteiger charge is 2.08. The van der Waals surface area contributed by atoms with E-state index in [2.05, 4.69) is 15.5 Å². The SMILES string of the molecule is OC(CNCc1cccc2cn[nH]c12)c1ccc(F)cc1. The summed E-state index contributed by atoms with van der Waals surface area (Å²) in [5.41, 5.74) is 2.79. The van der Waals surface area contributed by atoms with Gasteiger partial charge in [-0.15, -0.1) is 0 Å². The Morgan fingerprint density at radius 1 is 1.19 bits per heavy atom. The third kappa shape index (κ3) is 3.09. The summed E-state index contributed by atoms with van der Waals surface area (Å²) in [4.78, 5) is 0. The smallest absolute Gasteiger partial charge is 0.123 e. The second-order valence-corrected chi connectivity index (χ2v) is 4.95. The van der Waals surface area contributed by atoms with E-state index in [-0.39, 0.29) is 5.82 Å². The van der Waals surface area contributed by atoms with E-state index in [0.717, 1.165) is 16.5 Å². The van der Waals surface area contributed by atoms with Crippen LogP contribution in [0.15, 0.2) is 48.7 Å². The van der Waals surface area contributed by atoms with E-state index < -0.39 is 6.10 Å². The topological polar surface area (TPSA) is 60.9 Å². The number of hydrogen-bond donors (Lipinski definition) is 3. The molecule has 1 aromatic heterocycles. The Balaban J connectivity index is 1.61. The van der Waals surface area contributed by atoms with Crippen LogP contribution in [0, 0.1) is 5.82 Å².